The Hall–Kier alpha value is -0.280. The molecule has 0 unspecified atom stereocenters. The molecule has 0 aromatic heterocycles. The van der Waals surface area contributed by atoms with Crippen LogP contribution in [0.2, 0.25) is 0 Å². The van der Waals surface area contributed by atoms with Gasteiger partial charge in [-0.1, -0.05) is 26.2 Å². The summed E-state index contributed by atoms with van der Waals surface area (Å²) in [6.07, 6.45) is 7.77. The molecule has 0 spiro atoms. The fourth-order valence-corrected chi connectivity index (χ4v) is 2.53. The number of halogens is 1. The van der Waals surface area contributed by atoms with Gasteiger partial charge in [-0.2, -0.15) is 0 Å². The number of carbonyl (C=O) groups excluding carboxylic acids is 1. The highest BCUT2D eigenvalue weighted by Gasteiger charge is 2.19. The van der Waals surface area contributed by atoms with Crippen LogP contribution in [0, 0.1) is 5.92 Å². The first kappa shape index (κ1) is 16.7. The van der Waals surface area contributed by atoms with Crippen molar-refractivity contribution in [2.45, 2.75) is 45.4 Å². The topological polar surface area (TPSA) is 32.3 Å². The molecular formula is C13H27ClN2O. The summed E-state index contributed by atoms with van der Waals surface area (Å²) in [7, 11) is 1.84. The molecule has 0 aromatic rings. The first-order chi connectivity index (χ1) is 7.77. The quantitative estimate of drug-likeness (QED) is 0.798. The van der Waals surface area contributed by atoms with Gasteiger partial charge in [-0.15, -0.1) is 12.4 Å². The zero-order chi connectivity index (χ0) is 11.8. The summed E-state index contributed by atoms with van der Waals surface area (Å²) in [5.41, 5.74) is 0. The fourth-order valence-electron chi connectivity index (χ4n) is 2.53. The normalized spacial score (nSPS) is 16.4. The van der Waals surface area contributed by atoms with Gasteiger partial charge in [-0.25, -0.2) is 0 Å². The predicted octanol–water partition coefficient (Wildman–Crippen LogP) is 2.45. The molecule has 1 amide bonds. The van der Waals surface area contributed by atoms with E-state index in [0.717, 1.165) is 25.4 Å². The molecule has 3 nitrogen and oxygen atoms in total. The van der Waals surface area contributed by atoms with Crippen LogP contribution in [0.4, 0.5) is 0 Å². The number of hydrogen-bond acceptors (Lipinski definition) is 2. The van der Waals surface area contributed by atoms with Crippen LogP contribution in [-0.4, -0.2) is 37.5 Å². The first-order valence-corrected chi connectivity index (χ1v) is 6.70. The van der Waals surface area contributed by atoms with E-state index in [1.54, 1.807) is 0 Å². The maximum Gasteiger partial charge on any atom is 0.236 e. The Morgan fingerprint density at radius 2 is 1.94 bits per heavy atom. The van der Waals surface area contributed by atoms with Gasteiger partial charge < -0.3 is 10.2 Å². The third kappa shape index (κ3) is 6.27. The maximum atomic E-state index is 11.9. The largest absolute Gasteiger partial charge is 0.341 e. The summed E-state index contributed by atoms with van der Waals surface area (Å²) in [6, 6.07) is 0. The molecule has 17 heavy (non-hydrogen) atoms. The summed E-state index contributed by atoms with van der Waals surface area (Å²) < 4.78 is 0. The molecule has 0 aromatic carbocycles. The van der Waals surface area contributed by atoms with Crippen LogP contribution in [0.5, 0.6) is 0 Å². The van der Waals surface area contributed by atoms with Crippen molar-refractivity contribution in [2.75, 3.05) is 26.7 Å². The van der Waals surface area contributed by atoms with Crippen LogP contribution < -0.4 is 5.32 Å². The average Bonchev–Trinajstić information content (AvgIpc) is 2.30. The molecule has 0 radical (unpaired) electrons. The summed E-state index contributed by atoms with van der Waals surface area (Å²) >= 11 is 0. The summed E-state index contributed by atoms with van der Waals surface area (Å²) in [4.78, 5) is 13.9. The second kappa shape index (κ2) is 9.72. The Morgan fingerprint density at radius 3 is 2.47 bits per heavy atom. The van der Waals surface area contributed by atoms with Crippen LogP contribution >= 0.6 is 12.4 Å². The van der Waals surface area contributed by atoms with E-state index in [0.29, 0.717) is 6.54 Å². The standard InChI is InChI=1S/C13H26N2O.ClH/c1-3-9-15(13(16)10-14-2)11-12-7-5-4-6-8-12;/h12,14H,3-11H2,1-2H3;1H. The van der Waals surface area contributed by atoms with Crippen LogP contribution in [0.3, 0.4) is 0 Å². The summed E-state index contributed by atoms with van der Waals surface area (Å²) in [5.74, 6) is 1.01. The smallest absolute Gasteiger partial charge is 0.236 e. The highest BCUT2D eigenvalue weighted by atomic mass is 35.5. The molecule has 1 fully saturated rings. The Balaban J connectivity index is 0.00000256. The number of amides is 1. The van der Waals surface area contributed by atoms with Gasteiger partial charge in [0.1, 0.15) is 0 Å². The van der Waals surface area contributed by atoms with Crippen molar-refractivity contribution in [3.05, 3.63) is 0 Å². The van der Waals surface area contributed by atoms with Gasteiger partial charge in [-0.05, 0) is 32.2 Å². The van der Waals surface area contributed by atoms with Gasteiger partial charge in [0.25, 0.3) is 0 Å². The van der Waals surface area contributed by atoms with Gasteiger partial charge in [0.2, 0.25) is 5.91 Å². The molecule has 0 atom stereocenters. The van der Waals surface area contributed by atoms with E-state index < -0.39 is 0 Å². The van der Waals surface area contributed by atoms with Gasteiger partial charge in [0, 0.05) is 13.1 Å². The number of nitrogens with zero attached hydrogens (tertiary/aromatic N) is 1. The third-order valence-electron chi connectivity index (χ3n) is 3.38. The van der Waals surface area contributed by atoms with E-state index >= 15 is 0 Å². The van der Waals surface area contributed by atoms with E-state index in [1.165, 1.54) is 32.1 Å². The van der Waals surface area contributed by atoms with Crippen LogP contribution in [-0.2, 0) is 4.79 Å². The molecule has 1 aliphatic carbocycles. The van der Waals surface area contributed by atoms with Crippen molar-refractivity contribution >= 4 is 18.3 Å². The Labute approximate surface area is 112 Å². The number of carbonyl (C=O) groups is 1. The van der Waals surface area contributed by atoms with Crippen LogP contribution in [0.1, 0.15) is 45.4 Å². The minimum atomic E-state index is 0. The monoisotopic (exact) mass is 262 g/mol. The van der Waals surface area contributed by atoms with Crippen molar-refractivity contribution < 1.29 is 4.79 Å². The fraction of sp³-hybridized carbons (Fsp3) is 0.923. The third-order valence-corrected chi connectivity index (χ3v) is 3.38. The Morgan fingerprint density at radius 1 is 1.29 bits per heavy atom. The number of rotatable bonds is 6. The Kier molecular flexibility index (Phi) is 9.56. The molecule has 0 bridgehead atoms. The Bertz CT molecular complexity index is 206. The number of hydrogen-bond donors (Lipinski definition) is 1. The summed E-state index contributed by atoms with van der Waals surface area (Å²) in [6.45, 7) is 4.51. The SMILES string of the molecule is CCCN(CC1CCCCC1)C(=O)CNC.Cl. The van der Waals surface area contributed by atoms with E-state index in [2.05, 4.69) is 12.2 Å². The molecule has 1 aliphatic rings. The predicted molar refractivity (Wildman–Crippen MR) is 74.6 cm³/mol. The lowest BCUT2D eigenvalue weighted by atomic mass is 9.89. The first-order valence-electron chi connectivity index (χ1n) is 6.70. The lowest BCUT2D eigenvalue weighted by Gasteiger charge is -2.29. The van der Waals surface area contributed by atoms with Gasteiger partial charge >= 0.3 is 0 Å². The average molecular weight is 263 g/mol. The van der Waals surface area contributed by atoms with Crippen molar-refractivity contribution in [3.8, 4) is 0 Å². The lowest BCUT2D eigenvalue weighted by molar-refractivity contribution is -0.131. The number of nitrogens with one attached hydrogen (secondary N) is 1. The highest BCUT2D eigenvalue weighted by Crippen LogP contribution is 2.24. The van der Waals surface area contributed by atoms with E-state index in [-0.39, 0.29) is 18.3 Å². The molecule has 1 rings (SSSR count). The zero-order valence-corrected chi connectivity index (χ0v) is 12.0. The minimum Gasteiger partial charge on any atom is -0.341 e. The molecular weight excluding hydrogens is 236 g/mol. The van der Waals surface area contributed by atoms with E-state index in [4.69, 9.17) is 0 Å². The van der Waals surface area contributed by atoms with E-state index in [1.807, 2.05) is 11.9 Å². The molecule has 102 valence electrons. The van der Waals surface area contributed by atoms with Crippen molar-refractivity contribution in [3.63, 3.8) is 0 Å². The van der Waals surface area contributed by atoms with Crippen molar-refractivity contribution in [2.24, 2.45) is 5.92 Å². The maximum absolute atomic E-state index is 11.9. The second-order valence-electron chi connectivity index (χ2n) is 4.87. The summed E-state index contributed by atoms with van der Waals surface area (Å²) in [5, 5.41) is 2.95. The lowest BCUT2D eigenvalue weighted by Crippen LogP contribution is -2.40. The van der Waals surface area contributed by atoms with Gasteiger partial charge in [0.15, 0.2) is 0 Å². The highest BCUT2D eigenvalue weighted by molar-refractivity contribution is 5.85. The van der Waals surface area contributed by atoms with Crippen molar-refractivity contribution in [1.82, 2.24) is 10.2 Å². The molecule has 0 aliphatic heterocycles. The molecule has 1 N–H and O–H groups in total. The molecule has 1 saturated carbocycles. The van der Waals surface area contributed by atoms with Crippen molar-refractivity contribution in [1.29, 1.82) is 0 Å². The van der Waals surface area contributed by atoms with E-state index in [9.17, 15) is 4.79 Å². The van der Waals surface area contributed by atoms with Crippen LogP contribution in [0.25, 0.3) is 0 Å². The zero-order valence-electron chi connectivity index (χ0n) is 11.2. The number of likely N-dealkylation sites (N-methyl/N-ethyl adjacent to an activating group) is 1. The second-order valence-corrected chi connectivity index (χ2v) is 4.87. The molecule has 0 saturated heterocycles. The van der Waals surface area contributed by atoms with Gasteiger partial charge in [-0.3, -0.25) is 4.79 Å². The van der Waals surface area contributed by atoms with Crippen LogP contribution in [0.15, 0.2) is 0 Å². The molecule has 4 heteroatoms. The molecule has 0 heterocycles. The minimum absolute atomic E-state index is 0. The van der Waals surface area contributed by atoms with Gasteiger partial charge in [0.05, 0.1) is 6.54 Å².